The third-order valence-electron chi connectivity index (χ3n) is 5.59. The van der Waals surface area contributed by atoms with E-state index in [9.17, 15) is 10.1 Å². The van der Waals surface area contributed by atoms with Gasteiger partial charge in [-0.3, -0.25) is 0 Å². The van der Waals surface area contributed by atoms with Gasteiger partial charge in [0.15, 0.2) is 11.5 Å². The molecule has 1 heterocycles. The summed E-state index contributed by atoms with van der Waals surface area (Å²) >= 11 is 0. The molecule has 0 aliphatic carbocycles. The van der Waals surface area contributed by atoms with Crippen molar-refractivity contribution in [2.45, 2.75) is 20.5 Å². The Hall–Kier alpha value is -4.57. The van der Waals surface area contributed by atoms with Gasteiger partial charge < -0.3 is 19.6 Å². The molecule has 2 N–H and O–H groups in total. The van der Waals surface area contributed by atoms with Gasteiger partial charge in [-0.05, 0) is 66.9 Å². The normalized spacial score (nSPS) is 11.3. The smallest absolute Gasteiger partial charge is 0.335 e. The van der Waals surface area contributed by atoms with E-state index >= 15 is 0 Å². The molecule has 0 aliphatic rings. The van der Waals surface area contributed by atoms with Gasteiger partial charge in [-0.25, -0.2) is 9.78 Å². The number of aromatic nitrogens is 2. The van der Waals surface area contributed by atoms with Gasteiger partial charge in [0.05, 0.1) is 29.3 Å². The second kappa shape index (κ2) is 9.51. The van der Waals surface area contributed by atoms with Gasteiger partial charge in [0.25, 0.3) is 0 Å². The van der Waals surface area contributed by atoms with Crippen molar-refractivity contribution in [3.05, 3.63) is 88.2 Å². The largest absolute Gasteiger partial charge is 0.493 e. The number of para-hydroxylation sites is 1. The molecule has 7 nitrogen and oxygen atoms in total. The highest BCUT2D eigenvalue weighted by molar-refractivity contribution is 5.92. The summed E-state index contributed by atoms with van der Waals surface area (Å²) in [6.45, 7) is 4.26. The standard InChI is InChI=1S/C27H23N3O4/c1-16-11-22-23(12-17(16)2)30-26(29-22)21(14-28)13-20-5-4-6-24(33-3)25(20)34-15-18-7-9-19(10-8-18)27(31)32/h4-13H,15H2,1-3H3,(H,29,30)(H,31,32)/b21-13-. The number of fused-ring (bicyclic) bond motifs is 1. The molecule has 3 aromatic carbocycles. The minimum Gasteiger partial charge on any atom is -0.493 e. The highest BCUT2D eigenvalue weighted by Crippen LogP contribution is 2.34. The summed E-state index contributed by atoms with van der Waals surface area (Å²) < 4.78 is 11.5. The first-order valence-electron chi connectivity index (χ1n) is 10.6. The van der Waals surface area contributed by atoms with Crippen molar-refractivity contribution >= 4 is 28.7 Å². The van der Waals surface area contributed by atoms with Crippen molar-refractivity contribution in [1.82, 2.24) is 9.97 Å². The van der Waals surface area contributed by atoms with Crippen LogP contribution in [0.4, 0.5) is 0 Å². The molecule has 0 atom stereocenters. The third-order valence-corrected chi connectivity index (χ3v) is 5.59. The van der Waals surface area contributed by atoms with Crippen LogP contribution in [0.1, 0.15) is 38.4 Å². The number of imidazole rings is 1. The molecule has 0 saturated carbocycles. The molecular formula is C27H23N3O4. The van der Waals surface area contributed by atoms with Crippen LogP contribution in [0.3, 0.4) is 0 Å². The minimum atomic E-state index is -0.982. The molecule has 0 unspecified atom stereocenters. The van der Waals surface area contributed by atoms with E-state index in [4.69, 9.17) is 14.6 Å². The maximum Gasteiger partial charge on any atom is 0.335 e. The number of aromatic carboxylic acids is 1. The molecule has 1 aromatic heterocycles. The highest BCUT2D eigenvalue weighted by Gasteiger charge is 2.14. The minimum absolute atomic E-state index is 0.201. The fourth-order valence-corrected chi connectivity index (χ4v) is 3.57. The number of hydrogen-bond donors (Lipinski definition) is 2. The van der Waals surface area contributed by atoms with E-state index in [1.54, 1.807) is 31.4 Å². The number of benzene rings is 3. The monoisotopic (exact) mass is 453 g/mol. The summed E-state index contributed by atoms with van der Waals surface area (Å²) in [6, 6.07) is 18.1. The topological polar surface area (TPSA) is 108 Å². The van der Waals surface area contributed by atoms with Crippen LogP contribution in [-0.2, 0) is 6.61 Å². The predicted octanol–water partition coefficient (Wildman–Crippen LogP) is 5.53. The van der Waals surface area contributed by atoms with E-state index in [1.807, 2.05) is 38.1 Å². The predicted molar refractivity (Wildman–Crippen MR) is 130 cm³/mol. The summed E-state index contributed by atoms with van der Waals surface area (Å²) in [5.74, 6) is 0.483. The van der Waals surface area contributed by atoms with E-state index in [1.165, 1.54) is 12.1 Å². The Morgan fingerprint density at radius 1 is 1.15 bits per heavy atom. The van der Waals surface area contributed by atoms with E-state index in [2.05, 4.69) is 16.0 Å². The van der Waals surface area contributed by atoms with E-state index in [-0.39, 0.29) is 12.2 Å². The lowest BCUT2D eigenvalue weighted by atomic mass is 10.1. The second-order valence-electron chi connectivity index (χ2n) is 7.88. The SMILES string of the molecule is COc1cccc(/C=C(/C#N)c2nc3cc(C)c(C)cc3[nH]2)c1OCc1ccc(C(=O)O)cc1. The average Bonchev–Trinajstić information content (AvgIpc) is 3.24. The van der Waals surface area contributed by atoms with Crippen molar-refractivity contribution in [2.75, 3.05) is 7.11 Å². The van der Waals surface area contributed by atoms with Gasteiger partial charge in [0.1, 0.15) is 18.5 Å². The molecule has 0 saturated heterocycles. The van der Waals surface area contributed by atoms with Gasteiger partial charge in [-0.15, -0.1) is 0 Å². The average molecular weight is 453 g/mol. The highest BCUT2D eigenvalue weighted by atomic mass is 16.5. The fraction of sp³-hybridized carbons (Fsp3) is 0.148. The number of H-pyrrole nitrogens is 1. The number of allylic oxidation sites excluding steroid dienone is 1. The molecule has 0 amide bonds. The van der Waals surface area contributed by atoms with Crippen LogP contribution in [0, 0.1) is 25.2 Å². The summed E-state index contributed by atoms with van der Waals surface area (Å²) in [4.78, 5) is 18.9. The van der Waals surface area contributed by atoms with Crippen molar-refractivity contribution in [2.24, 2.45) is 0 Å². The number of carboxylic acid groups (broad SMARTS) is 1. The molecule has 4 aromatic rings. The van der Waals surface area contributed by atoms with Crippen LogP contribution in [-0.4, -0.2) is 28.2 Å². The molecule has 7 heteroatoms. The van der Waals surface area contributed by atoms with Gasteiger partial charge in [0, 0.05) is 5.56 Å². The number of nitrogens with one attached hydrogen (secondary N) is 1. The number of carbonyl (C=O) groups is 1. The summed E-state index contributed by atoms with van der Waals surface area (Å²) in [5, 5.41) is 18.9. The Balaban J connectivity index is 1.68. The number of ether oxygens (including phenoxy) is 2. The maximum absolute atomic E-state index is 11.1. The van der Waals surface area contributed by atoms with Gasteiger partial charge in [0.2, 0.25) is 0 Å². The number of rotatable bonds is 7. The van der Waals surface area contributed by atoms with Gasteiger partial charge in [-0.2, -0.15) is 5.26 Å². The molecule has 0 spiro atoms. The summed E-state index contributed by atoms with van der Waals surface area (Å²) in [7, 11) is 1.55. The number of hydrogen-bond acceptors (Lipinski definition) is 5. The Morgan fingerprint density at radius 2 is 1.88 bits per heavy atom. The Bertz CT molecular complexity index is 1400. The van der Waals surface area contributed by atoms with Crippen molar-refractivity contribution in [3.63, 3.8) is 0 Å². The zero-order chi connectivity index (χ0) is 24.2. The van der Waals surface area contributed by atoms with E-state index in [0.717, 1.165) is 27.7 Å². The first kappa shape index (κ1) is 22.6. The summed E-state index contributed by atoms with van der Waals surface area (Å²) in [6.07, 6.45) is 1.71. The van der Waals surface area contributed by atoms with Crippen LogP contribution in [0.15, 0.2) is 54.6 Å². The molecular weight excluding hydrogens is 430 g/mol. The fourth-order valence-electron chi connectivity index (χ4n) is 3.57. The Kier molecular flexibility index (Phi) is 6.33. The number of carboxylic acids is 1. The molecule has 0 aliphatic heterocycles. The lowest BCUT2D eigenvalue weighted by Crippen LogP contribution is -2.01. The molecule has 170 valence electrons. The molecule has 0 radical (unpaired) electrons. The molecule has 34 heavy (non-hydrogen) atoms. The molecule has 0 bridgehead atoms. The lowest BCUT2D eigenvalue weighted by Gasteiger charge is -2.14. The zero-order valence-corrected chi connectivity index (χ0v) is 19.0. The number of nitriles is 1. The van der Waals surface area contributed by atoms with Crippen LogP contribution in [0.5, 0.6) is 11.5 Å². The number of nitrogens with zero attached hydrogens (tertiary/aromatic N) is 2. The van der Waals surface area contributed by atoms with Crippen molar-refractivity contribution in [3.8, 4) is 17.6 Å². The van der Waals surface area contributed by atoms with Crippen LogP contribution in [0.25, 0.3) is 22.7 Å². The van der Waals surface area contributed by atoms with Crippen molar-refractivity contribution < 1.29 is 19.4 Å². The first-order valence-corrected chi connectivity index (χ1v) is 10.6. The third kappa shape index (κ3) is 4.62. The van der Waals surface area contributed by atoms with E-state index < -0.39 is 5.97 Å². The zero-order valence-electron chi connectivity index (χ0n) is 19.0. The van der Waals surface area contributed by atoms with Crippen LogP contribution < -0.4 is 9.47 Å². The second-order valence-corrected chi connectivity index (χ2v) is 7.88. The van der Waals surface area contributed by atoms with Gasteiger partial charge in [-0.1, -0.05) is 24.3 Å². The van der Waals surface area contributed by atoms with E-state index in [0.29, 0.717) is 28.5 Å². The number of aryl methyl sites for hydroxylation is 2. The van der Waals surface area contributed by atoms with Crippen LogP contribution >= 0.6 is 0 Å². The summed E-state index contributed by atoms with van der Waals surface area (Å²) in [5.41, 5.74) is 5.96. The quantitative estimate of drug-likeness (QED) is 0.356. The molecule has 0 fully saturated rings. The number of aromatic amines is 1. The first-order chi connectivity index (χ1) is 16.4. The maximum atomic E-state index is 11.1. The number of methoxy groups -OCH3 is 1. The van der Waals surface area contributed by atoms with Gasteiger partial charge >= 0.3 is 5.97 Å². The van der Waals surface area contributed by atoms with Crippen LogP contribution in [0.2, 0.25) is 0 Å². The molecule has 4 rings (SSSR count). The Morgan fingerprint density at radius 3 is 2.56 bits per heavy atom. The van der Waals surface area contributed by atoms with Crippen molar-refractivity contribution in [1.29, 1.82) is 5.26 Å². The Labute approximate surface area is 196 Å². The lowest BCUT2D eigenvalue weighted by molar-refractivity contribution is 0.0697.